The number of nitrogens with one attached hydrogen (secondary N) is 1. The van der Waals surface area contributed by atoms with Crippen molar-refractivity contribution in [2.45, 2.75) is 11.8 Å². The smallest absolute Gasteiger partial charge is 0.354 e. The van der Waals surface area contributed by atoms with Crippen molar-refractivity contribution in [1.29, 1.82) is 0 Å². The maximum absolute atomic E-state index is 12.2. The lowest BCUT2D eigenvalue weighted by Gasteiger charge is -2.09. The van der Waals surface area contributed by atoms with E-state index >= 15 is 0 Å². The number of aryl methyl sites for hydroxylation is 1. The predicted octanol–water partition coefficient (Wildman–Crippen LogP) is 0.147. The van der Waals surface area contributed by atoms with Crippen molar-refractivity contribution in [3.8, 4) is 0 Å². The lowest BCUT2D eigenvalue weighted by Crippen LogP contribution is -2.18. The highest BCUT2D eigenvalue weighted by Crippen LogP contribution is 2.14. The summed E-state index contributed by atoms with van der Waals surface area (Å²) in [6.45, 7) is 1.85. The molecule has 2 aromatic rings. The molecule has 2 N–H and O–H groups in total. The van der Waals surface area contributed by atoms with E-state index in [-0.39, 0.29) is 16.4 Å². The summed E-state index contributed by atoms with van der Waals surface area (Å²) in [6.07, 6.45) is 0. The molecule has 0 radical (unpaired) electrons. The zero-order valence-corrected chi connectivity index (χ0v) is 12.3. The predicted molar refractivity (Wildman–Crippen MR) is 81.4 cm³/mol. The molecule has 0 saturated heterocycles. The van der Waals surface area contributed by atoms with Gasteiger partial charge in [-0.05, 0) is 31.2 Å². The topological polar surface area (TPSA) is 96.4 Å². The van der Waals surface area contributed by atoms with Crippen LogP contribution >= 0.6 is 0 Å². The van der Waals surface area contributed by atoms with E-state index in [1.807, 2.05) is 6.92 Å². The Morgan fingerprint density at radius 1 is 1.24 bits per heavy atom. The minimum Gasteiger partial charge on any atom is -0.477 e. The summed E-state index contributed by atoms with van der Waals surface area (Å²) >= 11 is 0. The SMILES string of the molecule is Bc1cc(NS(=O)(=O)c2ccc(C)cc2)nc(C(=O)O)c1. The first-order chi connectivity index (χ1) is 9.78. The Kier molecular flexibility index (Phi) is 3.99. The molecule has 21 heavy (non-hydrogen) atoms. The van der Waals surface area contributed by atoms with Gasteiger partial charge in [-0.15, -0.1) is 0 Å². The molecule has 2 rings (SSSR count). The quantitative estimate of drug-likeness (QED) is 0.784. The Hall–Kier alpha value is -2.35. The number of hydrogen-bond acceptors (Lipinski definition) is 4. The minimum absolute atomic E-state index is 0.0204. The number of aromatic carboxylic acids is 1. The second-order valence-corrected chi connectivity index (χ2v) is 6.32. The highest BCUT2D eigenvalue weighted by molar-refractivity contribution is 7.92. The summed E-state index contributed by atoms with van der Waals surface area (Å²) in [5.74, 6) is -1.23. The van der Waals surface area contributed by atoms with Crippen LogP contribution < -0.4 is 10.2 Å². The first-order valence-electron chi connectivity index (χ1n) is 6.09. The van der Waals surface area contributed by atoms with E-state index in [0.717, 1.165) is 5.56 Å². The molecular formula is C13H13BN2O4S. The Balaban J connectivity index is 2.36. The van der Waals surface area contributed by atoms with Gasteiger partial charge >= 0.3 is 5.97 Å². The van der Waals surface area contributed by atoms with Crippen LogP contribution in [0.4, 0.5) is 5.82 Å². The molecule has 0 bridgehead atoms. The van der Waals surface area contributed by atoms with Crippen molar-refractivity contribution in [3.63, 3.8) is 0 Å². The van der Waals surface area contributed by atoms with Gasteiger partial charge in [0, 0.05) is 0 Å². The number of hydrogen-bond donors (Lipinski definition) is 2. The van der Waals surface area contributed by atoms with Crippen molar-refractivity contribution in [2.75, 3.05) is 4.72 Å². The number of sulfonamides is 1. The fraction of sp³-hybridized carbons (Fsp3) is 0.0769. The Labute approximate surface area is 123 Å². The lowest BCUT2D eigenvalue weighted by atomic mass is 9.96. The number of nitrogens with zero attached hydrogens (tertiary/aromatic N) is 1. The van der Waals surface area contributed by atoms with Gasteiger partial charge in [-0.3, -0.25) is 4.72 Å². The Bertz CT molecular complexity index is 788. The molecule has 0 amide bonds. The van der Waals surface area contributed by atoms with Crippen LogP contribution in [-0.4, -0.2) is 32.3 Å². The molecular weight excluding hydrogens is 291 g/mol. The Morgan fingerprint density at radius 2 is 1.86 bits per heavy atom. The largest absolute Gasteiger partial charge is 0.477 e. The van der Waals surface area contributed by atoms with E-state index in [9.17, 15) is 13.2 Å². The zero-order chi connectivity index (χ0) is 15.6. The molecule has 6 nitrogen and oxygen atoms in total. The molecule has 0 saturated carbocycles. The number of rotatable bonds is 4. The maximum atomic E-state index is 12.2. The molecule has 1 aromatic carbocycles. The summed E-state index contributed by atoms with van der Waals surface area (Å²) in [4.78, 5) is 14.8. The number of anilines is 1. The third-order valence-electron chi connectivity index (χ3n) is 2.76. The number of carboxylic acids is 1. The van der Waals surface area contributed by atoms with E-state index in [1.54, 1.807) is 20.0 Å². The van der Waals surface area contributed by atoms with Crippen LogP contribution in [0.15, 0.2) is 41.3 Å². The number of carboxylic acid groups (broad SMARTS) is 1. The minimum atomic E-state index is -3.79. The van der Waals surface area contributed by atoms with Crippen LogP contribution in [0.3, 0.4) is 0 Å². The van der Waals surface area contributed by atoms with Gasteiger partial charge in [0.05, 0.1) is 4.90 Å². The van der Waals surface area contributed by atoms with Crippen molar-refractivity contribution < 1.29 is 18.3 Å². The standard InChI is InChI=1S/C13H13BN2O4S/c1-8-2-4-10(5-3-8)21(19,20)16-12-7-9(14)6-11(15-12)13(17)18/h2-7H,14H2,1H3,(H,15,16)(H,17,18). The van der Waals surface area contributed by atoms with E-state index in [4.69, 9.17) is 5.11 Å². The molecule has 0 spiro atoms. The first-order valence-corrected chi connectivity index (χ1v) is 7.58. The normalized spacial score (nSPS) is 11.1. The highest BCUT2D eigenvalue weighted by Gasteiger charge is 2.16. The first kappa shape index (κ1) is 15.1. The lowest BCUT2D eigenvalue weighted by molar-refractivity contribution is 0.0690. The maximum Gasteiger partial charge on any atom is 0.354 e. The van der Waals surface area contributed by atoms with Crippen LogP contribution in [0.2, 0.25) is 0 Å². The number of benzene rings is 1. The van der Waals surface area contributed by atoms with E-state index in [0.29, 0.717) is 5.46 Å². The third kappa shape index (κ3) is 3.60. The summed E-state index contributed by atoms with van der Waals surface area (Å²) in [7, 11) is -2.13. The van der Waals surface area contributed by atoms with Crippen LogP contribution in [0.5, 0.6) is 0 Å². The molecule has 8 heteroatoms. The van der Waals surface area contributed by atoms with Gasteiger partial charge in [-0.1, -0.05) is 23.2 Å². The van der Waals surface area contributed by atoms with Crippen LogP contribution in [0.25, 0.3) is 0 Å². The molecule has 0 unspecified atom stereocenters. The molecule has 0 aliphatic carbocycles. The summed E-state index contributed by atoms with van der Waals surface area (Å²) in [5, 5.41) is 8.94. The molecule has 1 heterocycles. The molecule has 0 atom stereocenters. The van der Waals surface area contributed by atoms with Crippen LogP contribution in [0, 0.1) is 6.92 Å². The fourth-order valence-electron chi connectivity index (χ4n) is 1.74. The number of pyridine rings is 1. The third-order valence-corrected chi connectivity index (χ3v) is 4.13. The highest BCUT2D eigenvalue weighted by atomic mass is 32.2. The molecule has 0 aliphatic heterocycles. The average Bonchev–Trinajstić information content (AvgIpc) is 2.37. The van der Waals surface area contributed by atoms with Crippen LogP contribution in [-0.2, 0) is 10.0 Å². The van der Waals surface area contributed by atoms with Gasteiger partial charge in [0.2, 0.25) is 0 Å². The van der Waals surface area contributed by atoms with E-state index < -0.39 is 16.0 Å². The summed E-state index contributed by atoms with van der Waals surface area (Å²) in [6, 6.07) is 9.16. The molecule has 0 fully saturated rings. The Morgan fingerprint density at radius 3 is 2.43 bits per heavy atom. The second kappa shape index (κ2) is 5.57. The zero-order valence-electron chi connectivity index (χ0n) is 11.5. The van der Waals surface area contributed by atoms with Crippen molar-refractivity contribution >= 4 is 35.1 Å². The van der Waals surface area contributed by atoms with Gasteiger partial charge in [0.15, 0.2) is 0 Å². The fourth-order valence-corrected chi connectivity index (χ4v) is 2.74. The van der Waals surface area contributed by atoms with Crippen molar-refractivity contribution in [1.82, 2.24) is 4.98 Å². The average molecular weight is 304 g/mol. The molecule has 108 valence electrons. The van der Waals surface area contributed by atoms with E-state index in [2.05, 4.69) is 9.71 Å². The van der Waals surface area contributed by atoms with Gasteiger partial charge in [-0.2, -0.15) is 0 Å². The molecule has 1 aromatic heterocycles. The van der Waals surface area contributed by atoms with Gasteiger partial charge in [-0.25, -0.2) is 18.2 Å². The van der Waals surface area contributed by atoms with Crippen molar-refractivity contribution in [2.24, 2.45) is 0 Å². The summed E-state index contributed by atoms with van der Waals surface area (Å²) < 4.78 is 26.7. The van der Waals surface area contributed by atoms with Gasteiger partial charge in [0.1, 0.15) is 19.4 Å². The van der Waals surface area contributed by atoms with Gasteiger partial charge in [0.25, 0.3) is 10.0 Å². The van der Waals surface area contributed by atoms with Crippen LogP contribution in [0.1, 0.15) is 16.1 Å². The van der Waals surface area contributed by atoms with E-state index in [1.165, 1.54) is 24.3 Å². The second-order valence-electron chi connectivity index (χ2n) is 4.64. The molecule has 0 aliphatic rings. The number of aromatic nitrogens is 1. The monoisotopic (exact) mass is 304 g/mol. The number of carbonyl (C=O) groups is 1. The summed E-state index contributed by atoms with van der Waals surface area (Å²) in [5.41, 5.74) is 1.33. The van der Waals surface area contributed by atoms with Crippen molar-refractivity contribution in [3.05, 3.63) is 47.7 Å². The van der Waals surface area contributed by atoms with Gasteiger partial charge < -0.3 is 5.11 Å².